The van der Waals surface area contributed by atoms with Crippen LogP contribution in [0, 0.1) is 12.7 Å². The normalized spacial score (nSPS) is 10.7. The fraction of sp³-hybridized carbons (Fsp3) is 0.400. The van der Waals surface area contributed by atoms with E-state index in [4.69, 9.17) is 19.7 Å². The molecule has 0 aliphatic heterocycles. The third-order valence-corrected chi connectivity index (χ3v) is 6.88. The fourth-order valence-electron chi connectivity index (χ4n) is 3.61. The summed E-state index contributed by atoms with van der Waals surface area (Å²) in [5.41, 5.74) is 1.07. The van der Waals surface area contributed by atoms with Crippen molar-refractivity contribution in [1.82, 2.24) is 29.4 Å². The smallest absolute Gasteiger partial charge is 0.300 e. The van der Waals surface area contributed by atoms with E-state index in [0.717, 1.165) is 0 Å². The van der Waals surface area contributed by atoms with Crippen molar-refractivity contribution in [3.8, 4) is 16.8 Å². The Labute approximate surface area is 227 Å². The van der Waals surface area contributed by atoms with Gasteiger partial charge in [-0.1, -0.05) is 11.3 Å². The van der Waals surface area contributed by atoms with Crippen LogP contribution in [0.3, 0.4) is 0 Å². The van der Waals surface area contributed by atoms with E-state index < -0.39 is 0 Å². The number of fused-ring (bicyclic) bond motifs is 1. The molecule has 4 aromatic rings. The van der Waals surface area contributed by atoms with E-state index >= 15 is 0 Å². The summed E-state index contributed by atoms with van der Waals surface area (Å²) in [6.45, 7) is 3.66. The van der Waals surface area contributed by atoms with E-state index in [1.165, 1.54) is 51.8 Å². The minimum atomic E-state index is -0.377. The Morgan fingerprint density at radius 3 is 2.51 bits per heavy atom. The zero-order valence-corrected chi connectivity index (χ0v) is 22.9. The number of thiophene rings is 1. The van der Waals surface area contributed by atoms with E-state index in [-0.39, 0.29) is 49.7 Å². The van der Waals surface area contributed by atoms with Gasteiger partial charge in [-0.15, -0.1) is 4.80 Å². The van der Waals surface area contributed by atoms with Crippen molar-refractivity contribution in [2.45, 2.75) is 26.8 Å². The van der Waals surface area contributed by atoms with Gasteiger partial charge in [0.2, 0.25) is 5.91 Å². The number of aryl methyl sites for hydroxylation is 1. The Morgan fingerprint density at radius 2 is 1.90 bits per heavy atom. The summed E-state index contributed by atoms with van der Waals surface area (Å²) < 4.78 is 26.4. The largest absolute Gasteiger partial charge is 0.496 e. The highest BCUT2D eigenvalue weighted by atomic mass is 32.1. The lowest BCUT2D eigenvalue weighted by Gasteiger charge is -2.18. The van der Waals surface area contributed by atoms with Gasteiger partial charge in [0.15, 0.2) is 0 Å². The summed E-state index contributed by atoms with van der Waals surface area (Å²) in [5, 5.41) is 24.7. The summed E-state index contributed by atoms with van der Waals surface area (Å²) in [7, 11) is 3.18. The molecule has 3 heterocycles. The number of carbonyl (C=O) groups is 1. The van der Waals surface area contributed by atoms with Crippen LogP contribution in [-0.4, -0.2) is 86.1 Å². The average Bonchev–Trinajstić information content (AvgIpc) is 3.56. The number of aliphatic hydroxyl groups is 2. The summed E-state index contributed by atoms with van der Waals surface area (Å²) in [5.74, 6) is 0.0500. The highest BCUT2D eigenvalue weighted by Crippen LogP contribution is 2.31. The maximum atomic E-state index is 13.7. The lowest BCUT2D eigenvalue weighted by atomic mass is 10.1. The minimum Gasteiger partial charge on any atom is -0.496 e. The topological polar surface area (TPSA) is 145 Å². The minimum absolute atomic E-state index is 0.119. The molecule has 0 atom stereocenters. The molecule has 0 saturated heterocycles. The molecule has 2 N–H and O–H groups in total. The molecule has 0 radical (unpaired) electrons. The van der Waals surface area contributed by atoms with Crippen molar-refractivity contribution in [3.05, 3.63) is 57.9 Å². The molecule has 0 saturated carbocycles. The van der Waals surface area contributed by atoms with Gasteiger partial charge in [-0.05, 0) is 25.1 Å². The van der Waals surface area contributed by atoms with Gasteiger partial charge in [-0.25, -0.2) is 4.39 Å². The molecule has 1 amide bonds. The molecular weight excluding hydrogens is 531 g/mol. The second-order valence-electron chi connectivity index (χ2n) is 8.32. The highest BCUT2D eigenvalue weighted by molar-refractivity contribution is 7.21. The Morgan fingerprint density at radius 1 is 1.21 bits per heavy atom. The third-order valence-electron chi connectivity index (χ3n) is 5.73. The molecule has 3 aromatic heterocycles. The number of ether oxygens (including phenoxy) is 2. The van der Waals surface area contributed by atoms with Crippen LogP contribution in [0.15, 0.2) is 35.4 Å². The number of methoxy groups -OCH3 is 1. The van der Waals surface area contributed by atoms with E-state index in [1.807, 2.05) is 6.92 Å². The number of nitrogens with zero attached hydrogens (tertiary/aromatic N) is 6. The molecule has 39 heavy (non-hydrogen) atoms. The van der Waals surface area contributed by atoms with E-state index in [1.54, 1.807) is 25.5 Å². The van der Waals surface area contributed by atoms with Crippen molar-refractivity contribution >= 4 is 27.5 Å². The van der Waals surface area contributed by atoms with Crippen LogP contribution in [0.4, 0.5) is 4.39 Å². The molecule has 0 bridgehead atoms. The number of carbonyl (C=O) groups excluding carboxylic acids is 1. The first-order valence-corrected chi connectivity index (χ1v) is 12.8. The van der Waals surface area contributed by atoms with Gasteiger partial charge in [0, 0.05) is 44.6 Å². The van der Waals surface area contributed by atoms with E-state index in [2.05, 4.69) is 15.2 Å². The maximum Gasteiger partial charge on any atom is 0.300 e. The molecule has 0 unspecified atom stereocenters. The van der Waals surface area contributed by atoms with Gasteiger partial charge in [0.05, 0.1) is 44.7 Å². The summed E-state index contributed by atoms with van der Waals surface area (Å²) >= 11 is 1.29. The molecule has 210 valence electrons. The molecule has 12 nitrogen and oxygen atoms in total. The average molecular weight is 563 g/mol. The first-order valence-electron chi connectivity index (χ1n) is 12.0. The number of benzene rings is 1. The second-order valence-corrected chi connectivity index (χ2v) is 9.30. The number of aliphatic hydroxyl groups excluding tert-OH is 2. The quantitative estimate of drug-likeness (QED) is 0.294. The number of hydrogen-bond acceptors (Lipinski definition) is 10. The monoisotopic (exact) mass is 562 g/mol. The van der Waals surface area contributed by atoms with Crippen LogP contribution in [0.25, 0.3) is 15.2 Å². The van der Waals surface area contributed by atoms with E-state index in [0.29, 0.717) is 45.1 Å². The Hall–Kier alpha value is -3.88. The van der Waals surface area contributed by atoms with Gasteiger partial charge in [-0.2, -0.15) is 15.2 Å². The fourth-order valence-corrected chi connectivity index (χ4v) is 4.69. The zero-order valence-electron chi connectivity index (χ0n) is 22.1. The molecule has 0 fully saturated rings. The number of aromatic nitrogens is 5. The van der Waals surface area contributed by atoms with Gasteiger partial charge >= 0.3 is 6.01 Å². The Bertz CT molecular complexity index is 1450. The molecule has 14 heteroatoms. The van der Waals surface area contributed by atoms with Crippen LogP contribution in [0.2, 0.25) is 0 Å². The van der Waals surface area contributed by atoms with Crippen molar-refractivity contribution in [2.75, 3.05) is 40.5 Å². The zero-order chi connectivity index (χ0) is 28.5. The third kappa shape index (κ3) is 7.16. The number of halogens is 1. The lowest BCUT2D eigenvalue weighted by molar-refractivity contribution is -0.127. The van der Waals surface area contributed by atoms with Crippen LogP contribution >= 0.6 is 11.3 Å². The molecule has 0 spiro atoms. The Kier molecular flexibility index (Phi) is 10.5. The molecule has 4 rings (SSSR count). The second kappa shape index (κ2) is 13.8. The predicted octanol–water partition coefficient (Wildman–Crippen LogP) is 1.57. The summed E-state index contributed by atoms with van der Waals surface area (Å²) in [6.07, 6.45) is 3.46. The van der Waals surface area contributed by atoms with Crippen LogP contribution in [0.1, 0.15) is 18.1 Å². The molecule has 0 aliphatic carbocycles. The van der Waals surface area contributed by atoms with Gasteiger partial charge in [0.25, 0.3) is 5.56 Å². The first kappa shape index (κ1) is 29.7. The number of hydrogen-bond donors (Lipinski definition) is 2. The number of amides is 1. The lowest BCUT2D eigenvalue weighted by Crippen LogP contribution is -2.32. The van der Waals surface area contributed by atoms with Gasteiger partial charge < -0.3 is 24.6 Å². The summed E-state index contributed by atoms with van der Waals surface area (Å²) in [4.78, 5) is 33.3. The van der Waals surface area contributed by atoms with Crippen molar-refractivity contribution < 1.29 is 28.9 Å². The van der Waals surface area contributed by atoms with Crippen molar-refractivity contribution in [3.63, 3.8) is 0 Å². The molecule has 0 aliphatic rings. The SMILES string of the molecule is COc1ccc(F)cc1CCOc1nc2sc(-n3nccn3)c(C)c2c(=O)n1CCN(C)C(C)=O.OCCO. The van der Waals surface area contributed by atoms with Crippen LogP contribution in [-0.2, 0) is 17.8 Å². The number of rotatable bonds is 10. The van der Waals surface area contributed by atoms with Crippen molar-refractivity contribution in [2.24, 2.45) is 0 Å². The van der Waals surface area contributed by atoms with Gasteiger partial charge in [-0.3, -0.25) is 14.2 Å². The first-order chi connectivity index (χ1) is 18.7. The Balaban J connectivity index is 0.000000983. The van der Waals surface area contributed by atoms with Crippen LogP contribution in [0.5, 0.6) is 11.8 Å². The van der Waals surface area contributed by atoms with Crippen molar-refractivity contribution in [1.29, 1.82) is 0 Å². The van der Waals surface area contributed by atoms with Crippen LogP contribution < -0.4 is 15.0 Å². The predicted molar refractivity (Wildman–Crippen MR) is 143 cm³/mol. The maximum absolute atomic E-state index is 13.7. The molecular formula is C25H31FN6O6S. The van der Waals surface area contributed by atoms with E-state index in [9.17, 15) is 14.0 Å². The number of likely N-dealkylation sites (N-methyl/N-ethyl adjacent to an activating group) is 1. The molecule has 1 aromatic carbocycles. The summed E-state index contributed by atoms with van der Waals surface area (Å²) in [6, 6.07) is 4.39. The highest BCUT2D eigenvalue weighted by Gasteiger charge is 2.21. The van der Waals surface area contributed by atoms with Gasteiger partial charge in [0.1, 0.15) is 21.4 Å². The standard InChI is InChI=1S/C23H25FN6O4S.C2H6O2/c1-14-19-20(35-22(14)30-25-8-9-26-30)27-23(29(21(19)32)11-10-28(3)15(2)31)34-12-7-16-13-17(24)5-6-18(16)33-4;3-1-2-4/h5-6,8-9,13H,7,10-12H2,1-4H3;3-4H,1-2H2.